The maximum absolute atomic E-state index is 6.43. The summed E-state index contributed by atoms with van der Waals surface area (Å²) in [5.74, 6) is 0. The van der Waals surface area contributed by atoms with Crippen LogP contribution in [0.4, 0.5) is 5.69 Å². The van der Waals surface area contributed by atoms with E-state index in [9.17, 15) is 0 Å². The summed E-state index contributed by atoms with van der Waals surface area (Å²) in [7, 11) is 0. The molecular formula is C16H26ClN3. The van der Waals surface area contributed by atoms with Crippen LogP contribution in [0.2, 0.25) is 5.02 Å². The van der Waals surface area contributed by atoms with Gasteiger partial charge >= 0.3 is 0 Å². The van der Waals surface area contributed by atoms with Crippen molar-refractivity contribution in [2.45, 2.75) is 32.7 Å². The number of halogens is 1. The normalized spacial score (nSPS) is 17.6. The third-order valence-electron chi connectivity index (χ3n) is 4.03. The lowest BCUT2D eigenvalue weighted by Gasteiger charge is -2.43. The summed E-state index contributed by atoms with van der Waals surface area (Å²) >= 11 is 6.43. The predicted octanol–water partition coefficient (Wildman–Crippen LogP) is 2.76. The van der Waals surface area contributed by atoms with Crippen LogP contribution in [0.3, 0.4) is 0 Å². The van der Waals surface area contributed by atoms with Gasteiger partial charge in [0.1, 0.15) is 0 Å². The predicted molar refractivity (Wildman–Crippen MR) is 87.7 cm³/mol. The molecule has 1 fully saturated rings. The first-order chi connectivity index (χ1) is 9.43. The minimum absolute atomic E-state index is 0.243. The van der Waals surface area contributed by atoms with Crippen molar-refractivity contribution in [1.82, 2.24) is 4.90 Å². The van der Waals surface area contributed by atoms with E-state index < -0.39 is 0 Å². The quantitative estimate of drug-likeness (QED) is 0.931. The molecule has 2 rings (SSSR count). The first-order valence-corrected chi connectivity index (χ1v) is 7.78. The summed E-state index contributed by atoms with van der Waals surface area (Å²) in [6.45, 7) is 11.7. The molecule has 1 aliphatic heterocycles. The molecule has 0 aromatic heterocycles. The maximum Gasteiger partial charge on any atom is 0.0642 e. The van der Waals surface area contributed by atoms with Crippen LogP contribution in [0.25, 0.3) is 0 Å². The van der Waals surface area contributed by atoms with Crippen LogP contribution in [0.1, 0.15) is 26.3 Å². The fraction of sp³-hybridized carbons (Fsp3) is 0.625. The number of piperazine rings is 1. The molecule has 0 spiro atoms. The van der Waals surface area contributed by atoms with Crippen molar-refractivity contribution in [3.8, 4) is 0 Å². The fourth-order valence-corrected chi connectivity index (χ4v) is 3.19. The van der Waals surface area contributed by atoms with Gasteiger partial charge in [-0.05, 0) is 45.4 Å². The second-order valence-electron chi connectivity index (χ2n) is 6.43. The van der Waals surface area contributed by atoms with E-state index in [1.807, 2.05) is 12.1 Å². The van der Waals surface area contributed by atoms with E-state index in [0.717, 1.165) is 37.6 Å². The molecule has 1 aromatic carbocycles. The highest BCUT2D eigenvalue weighted by Crippen LogP contribution is 2.31. The average molecular weight is 296 g/mol. The molecule has 2 N–H and O–H groups in total. The number of anilines is 1. The lowest BCUT2D eigenvalue weighted by Crippen LogP contribution is -2.53. The van der Waals surface area contributed by atoms with Crippen molar-refractivity contribution >= 4 is 17.3 Å². The Kier molecular flexibility index (Phi) is 4.95. The smallest absolute Gasteiger partial charge is 0.0642 e. The SMILES string of the molecule is CC(C)(C)N1CCN(c2c(Cl)cccc2CCN)CC1. The average Bonchev–Trinajstić information content (AvgIpc) is 2.38. The van der Waals surface area contributed by atoms with Gasteiger partial charge in [0.25, 0.3) is 0 Å². The topological polar surface area (TPSA) is 32.5 Å². The Morgan fingerprint density at radius 3 is 2.35 bits per heavy atom. The van der Waals surface area contributed by atoms with Gasteiger partial charge in [-0.25, -0.2) is 0 Å². The number of hydrogen-bond donors (Lipinski definition) is 1. The van der Waals surface area contributed by atoms with Gasteiger partial charge in [0.05, 0.1) is 10.7 Å². The van der Waals surface area contributed by atoms with E-state index in [-0.39, 0.29) is 5.54 Å². The van der Waals surface area contributed by atoms with Crippen LogP contribution < -0.4 is 10.6 Å². The second kappa shape index (κ2) is 6.33. The van der Waals surface area contributed by atoms with Crippen molar-refractivity contribution in [2.24, 2.45) is 5.73 Å². The minimum atomic E-state index is 0.243. The highest BCUT2D eigenvalue weighted by Gasteiger charge is 2.27. The van der Waals surface area contributed by atoms with Gasteiger partial charge in [0, 0.05) is 31.7 Å². The van der Waals surface area contributed by atoms with E-state index >= 15 is 0 Å². The first kappa shape index (κ1) is 15.6. The first-order valence-electron chi connectivity index (χ1n) is 7.41. The number of benzene rings is 1. The van der Waals surface area contributed by atoms with Gasteiger partial charge < -0.3 is 10.6 Å². The van der Waals surface area contributed by atoms with Gasteiger partial charge in [-0.2, -0.15) is 0 Å². The molecule has 0 aliphatic carbocycles. The van der Waals surface area contributed by atoms with Gasteiger partial charge in [-0.15, -0.1) is 0 Å². The number of hydrogen-bond acceptors (Lipinski definition) is 3. The molecular weight excluding hydrogens is 270 g/mol. The lowest BCUT2D eigenvalue weighted by atomic mass is 10.0. The van der Waals surface area contributed by atoms with Crippen molar-refractivity contribution in [2.75, 3.05) is 37.6 Å². The van der Waals surface area contributed by atoms with Crippen LogP contribution >= 0.6 is 11.6 Å². The summed E-state index contributed by atoms with van der Waals surface area (Å²) in [6.07, 6.45) is 0.884. The van der Waals surface area contributed by atoms with Crippen LogP contribution in [0, 0.1) is 0 Å². The molecule has 3 nitrogen and oxygen atoms in total. The van der Waals surface area contributed by atoms with Crippen molar-refractivity contribution in [1.29, 1.82) is 0 Å². The Balaban J connectivity index is 2.14. The molecule has 0 bridgehead atoms. The Labute approximate surface area is 127 Å². The maximum atomic E-state index is 6.43. The van der Waals surface area contributed by atoms with E-state index in [0.29, 0.717) is 6.54 Å². The Morgan fingerprint density at radius 1 is 1.15 bits per heavy atom. The van der Waals surface area contributed by atoms with Crippen molar-refractivity contribution in [3.05, 3.63) is 28.8 Å². The summed E-state index contributed by atoms with van der Waals surface area (Å²) < 4.78 is 0. The van der Waals surface area contributed by atoms with Crippen LogP contribution in [-0.2, 0) is 6.42 Å². The summed E-state index contributed by atoms with van der Waals surface area (Å²) in [4.78, 5) is 4.94. The Bertz CT molecular complexity index is 446. The third-order valence-corrected chi connectivity index (χ3v) is 4.33. The molecule has 1 heterocycles. The molecule has 20 heavy (non-hydrogen) atoms. The zero-order chi connectivity index (χ0) is 14.8. The number of para-hydroxylation sites is 1. The molecule has 0 radical (unpaired) electrons. The van der Waals surface area contributed by atoms with E-state index in [1.54, 1.807) is 0 Å². The van der Waals surface area contributed by atoms with Crippen molar-refractivity contribution < 1.29 is 0 Å². The molecule has 1 saturated heterocycles. The van der Waals surface area contributed by atoms with Gasteiger partial charge in [0.2, 0.25) is 0 Å². The number of rotatable bonds is 3. The molecule has 1 aromatic rings. The molecule has 0 saturated carbocycles. The molecule has 0 atom stereocenters. The summed E-state index contributed by atoms with van der Waals surface area (Å²) in [5, 5.41) is 0.847. The second-order valence-corrected chi connectivity index (χ2v) is 6.84. The molecule has 4 heteroatoms. The van der Waals surface area contributed by atoms with Crippen LogP contribution in [0.15, 0.2) is 18.2 Å². The number of nitrogens with two attached hydrogens (primary N) is 1. The fourth-order valence-electron chi connectivity index (χ4n) is 2.87. The summed E-state index contributed by atoms with van der Waals surface area (Å²) in [5.41, 5.74) is 8.42. The zero-order valence-corrected chi connectivity index (χ0v) is 13.6. The van der Waals surface area contributed by atoms with E-state index in [2.05, 4.69) is 36.6 Å². The van der Waals surface area contributed by atoms with Crippen LogP contribution in [0.5, 0.6) is 0 Å². The molecule has 112 valence electrons. The number of nitrogens with zero attached hydrogens (tertiary/aromatic N) is 2. The summed E-state index contributed by atoms with van der Waals surface area (Å²) in [6, 6.07) is 6.14. The largest absolute Gasteiger partial charge is 0.368 e. The van der Waals surface area contributed by atoms with E-state index in [1.165, 1.54) is 11.3 Å². The Hall–Kier alpha value is -0.770. The minimum Gasteiger partial charge on any atom is -0.368 e. The van der Waals surface area contributed by atoms with Gasteiger partial charge in [-0.3, -0.25) is 4.90 Å². The zero-order valence-electron chi connectivity index (χ0n) is 12.8. The standard InChI is InChI=1S/C16H26ClN3/c1-16(2,3)20-11-9-19(10-12-20)15-13(7-8-18)5-4-6-14(15)17/h4-6H,7-12,18H2,1-3H3. The molecule has 0 unspecified atom stereocenters. The third kappa shape index (κ3) is 3.46. The van der Waals surface area contributed by atoms with Crippen molar-refractivity contribution in [3.63, 3.8) is 0 Å². The van der Waals surface area contributed by atoms with Gasteiger partial charge in [0.15, 0.2) is 0 Å². The highest BCUT2D eigenvalue weighted by molar-refractivity contribution is 6.33. The van der Waals surface area contributed by atoms with Gasteiger partial charge in [-0.1, -0.05) is 23.7 Å². The van der Waals surface area contributed by atoms with E-state index in [4.69, 9.17) is 17.3 Å². The van der Waals surface area contributed by atoms with Crippen LogP contribution in [-0.4, -0.2) is 43.2 Å². The molecule has 1 aliphatic rings. The highest BCUT2D eigenvalue weighted by atomic mass is 35.5. The lowest BCUT2D eigenvalue weighted by molar-refractivity contribution is 0.128. The molecule has 0 amide bonds. The Morgan fingerprint density at radius 2 is 1.80 bits per heavy atom. The monoisotopic (exact) mass is 295 g/mol.